The van der Waals surface area contributed by atoms with Crippen LogP contribution in [0.3, 0.4) is 0 Å². The summed E-state index contributed by atoms with van der Waals surface area (Å²) < 4.78 is 5.09. The highest BCUT2D eigenvalue weighted by Gasteiger charge is 2.70. The third-order valence-corrected chi connectivity index (χ3v) is 6.84. The van der Waals surface area contributed by atoms with Crippen molar-refractivity contribution in [2.45, 2.75) is 24.4 Å². The zero-order valence-electron chi connectivity index (χ0n) is 17.7. The van der Waals surface area contributed by atoms with Gasteiger partial charge in [0.15, 0.2) is 0 Å². The summed E-state index contributed by atoms with van der Waals surface area (Å²) in [4.78, 5) is 41.7. The summed E-state index contributed by atoms with van der Waals surface area (Å²) in [7, 11) is 1.58. The Morgan fingerprint density at radius 3 is 2.56 bits per heavy atom. The average Bonchev–Trinajstić information content (AvgIpc) is 3.36. The number of hydrogen-bond acceptors (Lipinski definition) is 6. The fourth-order valence-electron chi connectivity index (χ4n) is 5.47. The molecule has 166 valence electrons. The van der Waals surface area contributed by atoms with Crippen molar-refractivity contribution in [3.63, 3.8) is 0 Å². The lowest BCUT2D eigenvalue weighted by atomic mass is 9.76. The van der Waals surface area contributed by atoms with Gasteiger partial charge in [0, 0.05) is 37.6 Å². The molecular weight excluding hydrogens is 410 g/mol. The number of phenols is 1. The maximum absolute atomic E-state index is 13.6. The molecule has 2 aromatic carbocycles. The lowest BCUT2D eigenvalue weighted by molar-refractivity contribution is -0.143. The number of anilines is 1. The number of nitrogens with one attached hydrogen (secondary N) is 2. The van der Waals surface area contributed by atoms with Gasteiger partial charge >= 0.3 is 0 Å². The summed E-state index contributed by atoms with van der Waals surface area (Å²) in [6, 6.07) is 13.7. The van der Waals surface area contributed by atoms with Gasteiger partial charge in [-0.3, -0.25) is 24.6 Å². The van der Waals surface area contributed by atoms with Crippen LogP contribution in [0.5, 0.6) is 5.75 Å². The molecule has 3 aliphatic rings. The molecule has 8 heteroatoms. The van der Waals surface area contributed by atoms with E-state index in [4.69, 9.17) is 4.74 Å². The van der Waals surface area contributed by atoms with Crippen LogP contribution in [0.1, 0.15) is 17.5 Å². The predicted molar refractivity (Wildman–Crippen MR) is 116 cm³/mol. The minimum absolute atomic E-state index is 0.156. The molecule has 2 saturated heterocycles. The first-order valence-corrected chi connectivity index (χ1v) is 10.8. The number of rotatable bonds is 6. The number of nitrogens with zero attached hydrogens (tertiary/aromatic N) is 1. The van der Waals surface area contributed by atoms with E-state index < -0.39 is 23.4 Å². The Labute approximate surface area is 185 Å². The fraction of sp³-hybridized carbons (Fsp3) is 0.375. The van der Waals surface area contributed by atoms with Gasteiger partial charge in [-0.1, -0.05) is 30.3 Å². The molecule has 0 bridgehead atoms. The van der Waals surface area contributed by atoms with E-state index >= 15 is 0 Å². The number of carbonyl (C=O) groups excluding carboxylic acids is 3. The molecule has 3 amide bonds. The number of ether oxygens (including phenoxy) is 1. The number of methoxy groups -OCH3 is 1. The number of carbonyl (C=O) groups is 3. The van der Waals surface area contributed by atoms with Gasteiger partial charge in [0.1, 0.15) is 11.3 Å². The first kappa shape index (κ1) is 20.7. The fourth-order valence-corrected chi connectivity index (χ4v) is 5.47. The smallest absolute Gasteiger partial charge is 0.250 e. The topological polar surface area (TPSA) is 108 Å². The highest BCUT2D eigenvalue weighted by Crippen LogP contribution is 2.53. The van der Waals surface area contributed by atoms with Crippen LogP contribution in [0.4, 0.5) is 5.69 Å². The van der Waals surface area contributed by atoms with E-state index in [1.807, 2.05) is 24.3 Å². The van der Waals surface area contributed by atoms with Gasteiger partial charge in [-0.05, 0) is 36.6 Å². The number of benzene rings is 2. The quantitative estimate of drug-likeness (QED) is 0.468. The van der Waals surface area contributed by atoms with Crippen LogP contribution in [0.15, 0.2) is 48.5 Å². The van der Waals surface area contributed by atoms with Crippen molar-refractivity contribution < 1.29 is 24.2 Å². The van der Waals surface area contributed by atoms with Gasteiger partial charge in [-0.15, -0.1) is 0 Å². The van der Waals surface area contributed by atoms with Gasteiger partial charge in [0.25, 0.3) is 0 Å². The van der Waals surface area contributed by atoms with Gasteiger partial charge in [-0.2, -0.15) is 0 Å². The molecule has 8 nitrogen and oxygen atoms in total. The maximum atomic E-state index is 13.6. The van der Waals surface area contributed by atoms with Crippen molar-refractivity contribution in [2.75, 3.05) is 25.6 Å². The second kappa shape index (κ2) is 7.72. The number of aromatic hydroxyl groups is 1. The molecule has 0 saturated carbocycles. The molecule has 3 aliphatic heterocycles. The van der Waals surface area contributed by atoms with Crippen LogP contribution in [0, 0.1) is 11.8 Å². The van der Waals surface area contributed by atoms with Crippen molar-refractivity contribution in [2.24, 2.45) is 11.8 Å². The normalized spacial score (nSPS) is 28.3. The number of hydrogen-bond donors (Lipinski definition) is 3. The zero-order valence-corrected chi connectivity index (χ0v) is 17.7. The first-order chi connectivity index (χ1) is 15.5. The molecular formula is C24H25N3O5. The third-order valence-electron chi connectivity index (χ3n) is 6.84. The molecule has 0 aromatic heterocycles. The molecule has 2 aromatic rings. The lowest BCUT2D eigenvalue weighted by Gasteiger charge is -2.29. The summed E-state index contributed by atoms with van der Waals surface area (Å²) in [6.07, 6.45) is 0.989. The van der Waals surface area contributed by atoms with Crippen molar-refractivity contribution in [1.82, 2.24) is 10.2 Å². The largest absolute Gasteiger partial charge is 0.508 e. The predicted octanol–water partition coefficient (Wildman–Crippen LogP) is 1.39. The van der Waals surface area contributed by atoms with Gasteiger partial charge in [0.05, 0.1) is 11.8 Å². The van der Waals surface area contributed by atoms with E-state index in [9.17, 15) is 19.5 Å². The molecule has 5 rings (SSSR count). The first-order valence-electron chi connectivity index (χ1n) is 10.8. The van der Waals surface area contributed by atoms with Crippen LogP contribution >= 0.6 is 0 Å². The number of phenolic OH excluding ortho intramolecular Hbond substituents is 1. The Kier molecular flexibility index (Phi) is 4.98. The molecule has 0 aliphatic carbocycles. The molecule has 32 heavy (non-hydrogen) atoms. The second-order valence-corrected chi connectivity index (χ2v) is 8.61. The highest BCUT2D eigenvalue weighted by atomic mass is 16.5. The Morgan fingerprint density at radius 2 is 1.81 bits per heavy atom. The molecule has 2 fully saturated rings. The van der Waals surface area contributed by atoms with Crippen LogP contribution in [0.25, 0.3) is 0 Å². The van der Waals surface area contributed by atoms with Crippen LogP contribution < -0.4 is 10.6 Å². The van der Waals surface area contributed by atoms with Crippen molar-refractivity contribution in [1.29, 1.82) is 0 Å². The van der Waals surface area contributed by atoms with E-state index in [1.165, 1.54) is 4.90 Å². The summed E-state index contributed by atoms with van der Waals surface area (Å²) >= 11 is 0. The van der Waals surface area contributed by atoms with E-state index in [0.29, 0.717) is 30.7 Å². The average molecular weight is 435 g/mol. The minimum Gasteiger partial charge on any atom is -0.508 e. The van der Waals surface area contributed by atoms with Crippen molar-refractivity contribution in [3.8, 4) is 5.75 Å². The molecule has 0 unspecified atom stereocenters. The summed E-state index contributed by atoms with van der Waals surface area (Å²) in [5.41, 5.74) is 0.979. The second-order valence-electron chi connectivity index (χ2n) is 8.61. The summed E-state index contributed by atoms with van der Waals surface area (Å²) in [5, 5.41) is 15.9. The SMILES string of the molecule is COCCCN1C(=O)[C@@H]2[C@H](Cc3ccc(O)cc3)N[C@]3(C(=O)Nc4ccccc43)[C@H]2C1=O. The third kappa shape index (κ3) is 2.94. The van der Waals surface area contributed by atoms with Crippen molar-refractivity contribution in [3.05, 3.63) is 59.7 Å². The van der Waals surface area contributed by atoms with Gasteiger partial charge < -0.3 is 15.2 Å². The maximum Gasteiger partial charge on any atom is 0.250 e. The summed E-state index contributed by atoms with van der Waals surface area (Å²) in [5.74, 6) is -2.19. The van der Waals surface area contributed by atoms with Crippen molar-refractivity contribution >= 4 is 23.4 Å². The lowest BCUT2D eigenvalue weighted by Crippen LogP contribution is -2.53. The summed E-state index contributed by atoms with van der Waals surface area (Å²) in [6.45, 7) is 0.708. The zero-order chi connectivity index (χ0) is 22.5. The number of imide groups is 1. The van der Waals surface area contributed by atoms with E-state index in [0.717, 1.165) is 5.56 Å². The molecule has 4 atom stereocenters. The number of para-hydroxylation sites is 1. The Morgan fingerprint density at radius 1 is 1.06 bits per heavy atom. The highest BCUT2D eigenvalue weighted by molar-refractivity contribution is 6.15. The Bertz CT molecular complexity index is 1090. The standard InChI is InChI=1S/C24H25N3O5/c1-32-12-4-11-27-21(29)19-18(13-14-7-9-15(28)10-8-14)26-24(20(19)22(27)30)16-5-2-3-6-17(16)25-23(24)31/h2-3,5-10,18-20,26,28H,4,11-13H2,1H3,(H,25,31)/t18-,19+,20+,24-/m0/s1. The van der Waals surface area contributed by atoms with Crippen LogP contribution in [-0.4, -0.2) is 54.0 Å². The van der Waals surface area contributed by atoms with Gasteiger partial charge in [-0.25, -0.2) is 0 Å². The van der Waals surface area contributed by atoms with E-state index in [2.05, 4.69) is 10.6 Å². The number of likely N-dealkylation sites (tertiary alicyclic amines) is 1. The van der Waals surface area contributed by atoms with E-state index in [1.54, 1.807) is 31.4 Å². The Balaban J connectivity index is 1.56. The minimum atomic E-state index is -1.29. The van der Waals surface area contributed by atoms with Gasteiger partial charge in [0.2, 0.25) is 17.7 Å². The van der Waals surface area contributed by atoms with E-state index in [-0.39, 0.29) is 30.0 Å². The Hall–Kier alpha value is -3.23. The molecule has 3 heterocycles. The molecule has 1 spiro atoms. The number of fused-ring (bicyclic) bond motifs is 4. The monoisotopic (exact) mass is 435 g/mol. The molecule has 0 radical (unpaired) electrons. The van der Waals surface area contributed by atoms with Crippen LogP contribution in [-0.2, 0) is 31.1 Å². The number of amides is 3. The van der Waals surface area contributed by atoms with Crippen LogP contribution in [0.2, 0.25) is 0 Å². The molecule has 3 N–H and O–H groups in total.